The van der Waals surface area contributed by atoms with Gasteiger partial charge in [-0.3, -0.25) is 0 Å². The summed E-state index contributed by atoms with van der Waals surface area (Å²) in [6.07, 6.45) is 1.99. The molecule has 1 unspecified atom stereocenters. The van der Waals surface area contributed by atoms with Crippen LogP contribution in [0.25, 0.3) is 0 Å². The van der Waals surface area contributed by atoms with E-state index < -0.39 is 6.17 Å². The summed E-state index contributed by atoms with van der Waals surface area (Å²) in [6, 6.07) is 6.33. The summed E-state index contributed by atoms with van der Waals surface area (Å²) in [4.78, 5) is 0. The molecular weight excluding hydrogens is 187 g/mol. The highest BCUT2D eigenvalue weighted by Gasteiger charge is 2.22. The molecule has 0 aliphatic heterocycles. The molecule has 1 heteroatoms. The van der Waals surface area contributed by atoms with Crippen molar-refractivity contribution in [3.05, 3.63) is 34.9 Å². The molecule has 15 heavy (non-hydrogen) atoms. The zero-order chi connectivity index (χ0) is 11.1. The first-order valence-electron chi connectivity index (χ1n) is 5.76. The molecule has 0 bridgehead atoms. The Morgan fingerprint density at radius 1 is 1.27 bits per heavy atom. The summed E-state index contributed by atoms with van der Waals surface area (Å²) in [7, 11) is 0. The molecule has 0 spiro atoms. The van der Waals surface area contributed by atoms with Gasteiger partial charge in [0.15, 0.2) is 0 Å². The van der Waals surface area contributed by atoms with Crippen molar-refractivity contribution < 1.29 is 4.39 Å². The highest BCUT2D eigenvalue weighted by Crippen LogP contribution is 2.35. The molecule has 0 N–H and O–H groups in total. The second kappa shape index (κ2) is 3.62. The Kier molecular flexibility index (Phi) is 2.57. The lowest BCUT2D eigenvalue weighted by atomic mass is 9.82. The second-order valence-electron chi connectivity index (χ2n) is 5.52. The maximum atomic E-state index is 13.7. The van der Waals surface area contributed by atoms with E-state index in [1.165, 1.54) is 11.1 Å². The van der Waals surface area contributed by atoms with Gasteiger partial charge in [0.05, 0.1) is 0 Å². The van der Waals surface area contributed by atoms with Crippen molar-refractivity contribution in [1.29, 1.82) is 0 Å². The van der Waals surface area contributed by atoms with Gasteiger partial charge in [0.1, 0.15) is 6.17 Å². The molecule has 0 aromatic heterocycles. The molecule has 1 aromatic carbocycles. The predicted octanol–water partition coefficient (Wildman–Crippen LogP) is 4.33. The number of halogens is 1. The number of benzene rings is 1. The van der Waals surface area contributed by atoms with Gasteiger partial charge in [0, 0.05) is 0 Å². The zero-order valence-corrected chi connectivity index (χ0v) is 9.81. The molecule has 2 rings (SSSR count). The zero-order valence-electron chi connectivity index (χ0n) is 9.81. The lowest BCUT2D eigenvalue weighted by molar-refractivity contribution is 0.302. The summed E-state index contributed by atoms with van der Waals surface area (Å²) in [5.41, 5.74) is 3.51. The quantitative estimate of drug-likeness (QED) is 0.592. The van der Waals surface area contributed by atoms with Gasteiger partial charge in [0.2, 0.25) is 0 Å². The minimum absolute atomic E-state index is 0.117. The van der Waals surface area contributed by atoms with E-state index in [4.69, 9.17) is 0 Å². The molecule has 0 nitrogen and oxygen atoms in total. The largest absolute Gasteiger partial charge is 0.242 e. The first-order valence-corrected chi connectivity index (χ1v) is 5.76. The second-order valence-corrected chi connectivity index (χ2v) is 5.52. The van der Waals surface area contributed by atoms with E-state index >= 15 is 0 Å². The lowest BCUT2D eigenvalue weighted by Gasteiger charge is -2.25. The standard InChI is InChI=1S/C14H19F/c1-14(2,3)11-8-7-10-5-4-6-13(15)12(10)9-11/h7-9,13H,4-6H2,1-3H3. The Bertz CT molecular complexity index is 360. The van der Waals surface area contributed by atoms with Gasteiger partial charge in [-0.1, -0.05) is 39.0 Å². The first kappa shape index (κ1) is 10.7. The van der Waals surface area contributed by atoms with Crippen molar-refractivity contribution in [2.24, 2.45) is 0 Å². The minimum Gasteiger partial charge on any atom is -0.242 e. The van der Waals surface area contributed by atoms with E-state index in [-0.39, 0.29) is 5.41 Å². The summed E-state index contributed by atoms with van der Waals surface area (Å²) in [5.74, 6) is 0. The molecule has 82 valence electrons. The molecule has 0 saturated heterocycles. The normalized spacial score (nSPS) is 21.2. The number of aryl methyl sites for hydroxylation is 1. The van der Waals surface area contributed by atoms with E-state index in [1.807, 2.05) is 0 Å². The van der Waals surface area contributed by atoms with Crippen molar-refractivity contribution >= 4 is 0 Å². The summed E-state index contributed by atoms with van der Waals surface area (Å²) in [5, 5.41) is 0. The fourth-order valence-electron chi connectivity index (χ4n) is 2.21. The van der Waals surface area contributed by atoms with Crippen molar-refractivity contribution in [1.82, 2.24) is 0 Å². The molecule has 1 aromatic rings. The van der Waals surface area contributed by atoms with Crippen molar-refractivity contribution in [2.75, 3.05) is 0 Å². The fourth-order valence-corrected chi connectivity index (χ4v) is 2.21. The van der Waals surface area contributed by atoms with E-state index in [2.05, 4.69) is 39.0 Å². The van der Waals surface area contributed by atoms with E-state index in [9.17, 15) is 4.39 Å². The third kappa shape index (κ3) is 2.06. The molecule has 0 saturated carbocycles. The van der Waals surface area contributed by atoms with Gasteiger partial charge in [0.25, 0.3) is 0 Å². The van der Waals surface area contributed by atoms with Gasteiger partial charge in [-0.25, -0.2) is 4.39 Å². The first-order chi connectivity index (χ1) is 6.98. The molecule has 0 heterocycles. The van der Waals surface area contributed by atoms with E-state index in [1.54, 1.807) is 0 Å². The average molecular weight is 206 g/mol. The van der Waals surface area contributed by atoms with Crippen molar-refractivity contribution in [3.63, 3.8) is 0 Å². The molecule has 1 aliphatic carbocycles. The monoisotopic (exact) mass is 206 g/mol. The van der Waals surface area contributed by atoms with Gasteiger partial charge in [-0.15, -0.1) is 0 Å². The molecule has 1 aliphatic rings. The Labute approximate surface area is 91.5 Å². The average Bonchev–Trinajstić information content (AvgIpc) is 2.16. The topological polar surface area (TPSA) is 0 Å². The van der Waals surface area contributed by atoms with Crippen LogP contribution < -0.4 is 0 Å². The van der Waals surface area contributed by atoms with Crippen molar-refractivity contribution in [3.8, 4) is 0 Å². The van der Waals surface area contributed by atoms with Crippen LogP contribution >= 0.6 is 0 Å². The van der Waals surface area contributed by atoms with Crippen LogP contribution in [-0.2, 0) is 11.8 Å². The summed E-state index contributed by atoms with van der Waals surface area (Å²) < 4.78 is 13.7. The van der Waals surface area contributed by atoms with Crippen LogP contribution in [0.5, 0.6) is 0 Å². The van der Waals surface area contributed by atoms with Crippen LogP contribution in [0.15, 0.2) is 18.2 Å². The van der Waals surface area contributed by atoms with Gasteiger partial charge in [-0.05, 0) is 41.4 Å². The number of rotatable bonds is 0. The van der Waals surface area contributed by atoms with E-state index in [0.717, 1.165) is 18.4 Å². The third-order valence-electron chi connectivity index (χ3n) is 3.25. The number of fused-ring (bicyclic) bond motifs is 1. The Morgan fingerprint density at radius 2 is 2.00 bits per heavy atom. The minimum atomic E-state index is -0.740. The molecular formula is C14H19F. The van der Waals surface area contributed by atoms with Gasteiger partial charge < -0.3 is 0 Å². The maximum Gasteiger partial charge on any atom is 0.125 e. The molecule has 1 atom stereocenters. The Morgan fingerprint density at radius 3 is 2.67 bits per heavy atom. The van der Waals surface area contributed by atoms with Gasteiger partial charge >= 0.3 is 0 Å². The number of hydrogen-bond acceptors (Lipinski definition) is 0. The van der Waals surface area contributed by atoms with E-state index in [0.29, 0.717) is 6.42 Å². The molecule has 0 amide bonds. The predicted molar refractivity (Wildman–Crippen MR) is 61.9 cm³/mol. The maximum absolute atomic E-state index is 13.7. The lowest BCUT2D eigenvalue weighted by Crippen LogP contribution is -2.14. The van der Waals surface area contributed by atoms with Crippen molar-refractivity contribution in [2.45, 2.75) is 51.6 Å². The Hall–Kier alpha value is -0.850. The van der Waals surface area contributed by atoms with Crippen LogP contribution in [0.4, 0.5) is 4.39 Å². The van der Waals surface area contributed by atoms with Crippen LogP contribution in [0, 0.1) is 0 Å². The smallest absolute Gasteiger partial charge is 0.125 e. The number of hydrogen-bond donors (Lipinski definition) is 0. The van der Waals surface area contributed by atoms with Crippen LogP contribution in [0.2, 0.25) is 0 Å². The van der Waals surface area contributed by atoms with Crippen LogP contribution in [0.3, 0.4) is 0 Å². The molecule has 0 radical (unpaired) electrons. The third-order valence-corrected chi connectivity index (χ3v) is 3.25. The summed E-state index contributed by atoms with van der Waals surface area (Å²) in [6.45, 7) is 6.51. The number of alkyl halides is 1. The molecule has 0 fully saturated rings. The SMILES string of the molecule is CC(C)(C)c1ccc2c(c1)C(F)CCC2. The summed E-state index contributed by atoms with van der Waals surface area (Å²) >= 11 is 0. The highest BCUT2D eigenvalue weighted by molar-refractivity contribution is 5.38. The Balaban J connectivity index is 2.44. The van der Waals surface area contributed by atoms with Gasteiger partial charge in [-0.2, -0.15) is 0 Å². The fraction of sp³-hybridized carbons (Fsp3) is 0.571. The van der Waals surface area contributed by atoms with Crippen LogP contribution in [0.1, 0.15) is 56.5 Å². The highest BCUT2D eigenvalue weighted by atomic mass is 19.1. The van der Waals surface area contributed by atoms with Crippen LogP contribution in [-0.4, -0.2) is 0 Å².